The number of nitrogens with zero attached hydrogens (tertiary/aromatic N) is 2. The predicted molar refractivity (Wildman–Crippen MR) is 89.2 cm³/mol. The Labute approximate surface area is 141 Å². The topological polar surface area (TPSA) is 60.7 Å². The van der Waals surface area contributed by atoms with E-state index in [-0.39, 0.29) is 12.4 Å². The molecule has 0 fully saturated rings. The second kappa shape index (κ2) is 6.52. The van der Waals surface area contributed by atoms with E-state index in [1.165, 1.54) is 11.3 Å². The minimum atomic E-state index is -0.292. The number of rotatable bonds is 5. The molecule has 0 aliphatic rings. The molecule has 0 radical (unpaired) electrons. The van der Waals surface area contributed by atoms with Crippen molar-refractivity contribution in [3.8, 4) is 11.3 Å². The molecule has 2 aromatic heterocycles. The smallest absolute Gasteiger partial charge is 0.311 e. The number of imidazole rings is 1. The van der Waals surface area contributed by atoms with Crippen LogP contribution in [0, 0.1) is 0 Å². The fraction of sp³-hybridized carbons (Fsp3) is 0.188. The Morgan fingerprint density at radius 3 is 3.00 bits per heavy atom. The highest BCUT2D eigenvalue weighted by molar-refractivity contribution is 7.17. The summed E-state index contributed by atoms with van der Waals surface area (Å²) >= 11 is 7.36. The molecule has 0 amide bonds. The Bertz CT molecular complexity index is 885. The fourth-order valence-electron chi connectivity index (χ4n) is 2.31. The monoisotopic (exact) mass is 348 g/mol. The number of hydrogen-bond acceptors (Lipinski definition) is 5. The van der Waals surface area contributed by atoms with Crippen LogP contribution < -0.4 is 0 Å². The average Bonchev–Trinajstić information content (AvgIpc) is 3.04. The van der Waals surface area contributed by atoms with Gasteiger partial charge in [0.2, 0.25) is 0 Å². The number of aromatic nitrogens is 2. The summed E-state index contributed by atoms with van der Waals surface area (Å²) < 4.78 is 6.63. The van der Waals surface area contributed by atoms with E-state index >= 15 is 0 Å². The third-order valence-electron chi connectivity index (χ3n) is 3.24. The van der Waals surface area contributed by atoms with Crippen LogP contribution >= 0.6 is 22.9 Å². The summed E-state index contributed by atoms with van der Waals surface area (Å²) in [6.45, 7) is 2.11. The molecule has 0 saturated carbocycles. The molecule has 2 heterocycles. The van der Waals surface area contributed by atoms with Crippen molar-refractivity contribution in [1.29, 1.82) is 0 Å². The average molecular weight is 349 g/mol. The Balaban J connectivity index is 2.01. The van der Waals surface area contributed by atoms with E-state index in [9.17, 15) is 9.59 Å². The normalized spacial score (nSPS) is 10.9. The standard InChI is InChI=1S/C16H13ClN2O3S/c1-2-22-14(21)7-12-8-19-13(9-20)15(18-16(19)23-12)10-4-3-5-11(17)6-10/h3-6,8-9H,2,7H2,1H3. The van der Waals surface area contributed by atoms with Gasteiger partial charge in [0.1, 0.15) is 11.4 Å². The molecule has 5 nitrogen and oxygen atoms in total. The fourth-order valence-corrected chi connectivity index (χ4v) is 3.46. The number of carbonyl (C=O) groups is 2. The van der Waals surface area contributed by atoms with Crippen molar-refractivity contribution < 1.29 is 14.3 Å². The van der Waals surface area contributed by atoms with E-state index in [1.807, 2.05) is 12.1 Å². The molecule has 0 atom stereocenters. The van der Waals surface area contributed by atoms with Crippen molar-refractivity contribution in [2.45, 2.75) is 13.3 Å². The zero-order valence-electron chi connectivity index (χ0n) is 12.3. The van der Waals surface area contributed by atoms with Crippen molar-refractivity contribution in [1.82, 2.24) is 9.38 Å². The number of carbonyl (C=O) groups excluding carboxylic acids is 2. The predicted octanol–water partition coefficient (Wildman–Crippen LogP) is 3.63. The van der Waals surface area contributed by atoms with E-state index in [0.29, 0.717) is 28.0 Å². The second-order valence-electron chi connectivity index (χ2n) is 4.81. The summed E-state index contributed by atoms with van der Waals surface area (Å²) in [6, 6.07) is 7.19. The molecule has 0 saturated heterocycles. The van der Waals surface area contributed by atoms with Gasteiger partial charge in [0.15, 0.2) is 11.2 Å². The molecule has 0 bridgehead atoms. The third-order valence-corrected chi connectivity index (χ3v) is 4.46. The minimum Gasteiger partial charge on any atom is -0.466 e. The molecule has 0 spiro atoms. The largest absolute Gasteiger partial charge is 0.466 e. The number of thiazole rings is 1. The van der Waals surface area contributed by atoms with E-state index in [0.717, 1.165) is 16.7 Å². The van der Waals surface area contributed by atoms with Crippen LogP contribution in [0.25, 0.3) is 16.2 Å². The van der Waals surface area contributed by atoms with Crippen LogP contribution in [0.5, 0.6) is 0 Å². The number of hydrogen-bond donors (Lipinski definition) is 0. The Hall–Kier alpha value is -2.18. The van der Waals surface area contributed by atoms with Crippen molar-refractivity contribution in [2.75, 3.05) is 6.61 Å². The lowest BCUT2D eigenvalue weighted by Crippen LogP contribution is -2.06. The molecule has 0 unspecified atom stereocenters. The van der Waals surface area contributed by atoms with Crippen molar-refractivity contribution in [3.63, 3.8) is 0 Å². The Kier molecular flexibility index (Phi) is 4.45. The van der Waals surface area contributed by atoms with E-state index < -0.39 is 0 Å². The molecule has 0 N–H and O–H groups in total. The summed E-state index contributed by atoms with van der Waals surface area (Å²) in [4.78, 5) is 29.0. The minimum absolute atomic E-state index is 0.173. The Morgan fingerprint density at radius 2 is 2.30 bits per heavy atom. The lowest BCUT2D eigenvalue weighted by atomic mass is 10.1. The summed E-state index contributed by atoms with van der Waals surface area (Å²) in [5.74, 6) is -0.292. The van der Waals surface area contributed by atoms with Crippen LogP contribution in [0.1, 0.15) is 22.3 Å². The maximum atomic E-state index is 11.6. The lowest BCUT2D eigenvalue weighted by Gasteiger charge is -2.00. The molecule has 0 aliphatic carbocycles. The zero-order chi connectivity index (χ0) is 16.4. The zero-order valence-corrected chi connectivity index (χ0v) is 13.9. The number of ether oxygens (including phenoxy) is 1. The summed E-state index contributed by atoms with van der Waals surface area (Å²) in [5.41, 5.74) is 1.80. The maximum Gasteiger partial charge on any atom is 0.311 e. The van der Waals surface area contributed by atoms with Gasteiger partial charge in [0.05, 0.1) is 13.0 Å². The number of fused-ring (bicyclic) bond motifs is 1. The van der Waals surface area contributed by atoms with Gasteiger partial charge in [-0.1, -0.05) is 23.7 Å². The number of esters is 1. The third kappa shape index (κ3) is 3.13. The molecular formula is C16H13ClN2O3S. The van der Waals surface area contributed by atoms with Gasteiger partial charge >= 0.3 is 5.97 Å². The van der Waals surface area contributed by atoms with Crippen LogP contribution in [0.4, 0.5) is 0 Å². The Morgan fingerprint density at radius 1 is 1.48 bits per heavy atom. The second-order valence-corrected chi connectivity index (χ2v) is 6.34. The van der Waals surface area contributed by atoms with Gasteiger partial charge in [-0.25, -0.2) is 4.98 Å². The van der Waals surface area contributed by atoms with Crippen LogP contribution in [0.15, 0.2) is 30.5 Å². The first-order chi connectivity index (χ1) is 11.1. The van der Waals surface area contributed by atoms with Crippen LogP contribution in [-0.4, -0.2) is 28.2 Å². The quantitative estimate of drug-likeness (QED) is 0.521. The van der Waals surface area contributed by atoms with E-state index in [2.05, 4.69) is 4.98 Å². The first-order valence-corrected chi connectivity index (χ1v) is 8.19. The van der Waals surface area contributed by atoms with Gasteiger partial charge in [-0.05, 0) is 19.1 Å². The van der Waals surface area contributed by atoms with Gasteiger partial charge in [-0.3, -0.25) is 14.0 Å². The number of halogens is 1. The van der Waals surface area contributed by atoms with Gasteiger partial charge in [0.25, 0.3) is 0 Å². The van der Waals surface area contributed by atoms with Crippen molar-refractivity contribution in [2.24, 2.45) is 0 Å². The molecule has 23 heavy (non-hydrogen) atoms. The number of aldehydes is 1. The summed E-state index contributed by atoms with van der Waals surface area (Å²) in [5, 5.41) is 0.582. The molecule has 1 aromatic carbocycles. The SMILES string of the molecule is CCOC(=O)Cc1cn2c(C=O)c(-c3cccc(Cl)c3)nc2s1. The summed E-state index contributed by atoms with van der Waals surface area (Å²) in [7, 11) is 0. The van der Waals surface area contributed by atoms with Gasteiger partial charge in [-0.15, -0.1) is 11.3 Å². The maximum absolute atomic E-state index is 11.6. The van der Waals surface area contributed by atoms with Crippen molar-refractivity contribution >= 4 is 40.2 Å². The molecule has 118 valence electrons. The first-order valence-electron chi connectivity index (χ1n) is 7.00. The lowest BCUT2D eigenvalue weighted by molar-refractivity contribution is -0.142. The molecule has 7 heteroatoms. The van der Waals surface area contributed by atoms with Gasteiger partial charge in [-0.2, -0.15) is 0 Å². The van der Waals surface area contributed by atoms with Gasteiger partial charge < -0.3 is 4.74 Å². The highest BCUT2D eigenvalue weighted by atomic mass is 35.5. The van der Waals surface area contributed by atoms with Crippen molar-refractivity contribution in [3.05, 3.63) is 46.1 Å². The number of benzene rings is 1. The molecular weight excluding hydrogens is 336 g/mol. The highest BCUT2D eigenvalue weighted by Crippen LogP contribution is 2.29. The summed E-state index contributed by atoms with van der Waals surface area (Å²) in [6.07, 6.45) is 2.69. The molecule has 0 aliphatic heterocycles. The highest BCUT2D eigenvalue weighted by Gasteiger charge is 2.17. The molecule has 3 rings (SSSR count). The van der Waals surface area contributed by atoms with Gasteiger partial charge in [0, 0.05) is 21.7 Å². The van der Waals surface area contributed by atoms with E-state index in [4.69, 9.17) is 16.3 Å². The van der Waals surface area contributed by atoms with Crippen LogP contribution in [-0.2, 0) is 16.0 Å². The van der Waals surface area contributed by atoms with E-state index in [1.54, 1.807) is 29.7 Å². The first kappa shape index (κ1) is 15.7. The molecule has 3 aromatic rings. The van der Waals surface area contributed by atoms with Crippen LogP contribution in [0.2, 0.25) is 5.02 Å². The van der Waals surface area contributed by atoms with Crippen LogP contribution in [0.3, 0.4) is 0 Å².